The van der Waals surface area contributed by atoms with Gasteiger partial charge in [0.1, 0.15) is 12.1 Å². The van der Waals surface area contributed by atoms with E-state index in [4.69, 9.17) is 9.47 Å². The number of nitrogens with zero attached hydrogens (tertiary/aromatic N) is 3. The molecule has 0 N–H and O–H groups in total. The van der Waals surface area contributed by atoms with Crippen molar-refractivity contribution in [2.75, 3.05) is 27.3 Å². The normalized spacial score (nSPS) is 14.9. The van der Waals surface area contributed by atoms with Gasteiger partial charge in [-0.3, -0.25) is 4.79 Å². The predicted octanol–water partition coefficient (Wildman–Crippen LogP) is 4.57. The van der Waals surface area contributed by atoms with Crippen LogP contribution in [-0.4, -0.2) is 54.4 Å². The lowest BCUT2D eigenvalue weighted by Crippen LogP contribution is -2.38. The topological polar surface area (TPSA) is 73.8 Å². The molecule has 1 amide bonds. The van der Waals surface area contributed by atoms with Gasteiger partial charge in [-0.2, -0.15) is 0 Å². The van der Waals surface area contributed by atoms with E-state index in [1.54, 1.807) is 25.2 Å². The Labute approximate surface area is 188 Å². The van der Waals surface area contributed by atoms with Gasteiger partial charge in [0.25, 0.3) is 5.91 Å². The molecule has 0 spiro atoms. The van der Waals surface area contributed by atoms with Crippen molar-refractivity contribution < 1.29 is 32.2 Å². The molecule has 2 aromatic carbocycles. The second-order valence-electron chi connectivity index (χ2n) is 7.63. The van der Waals surface area contributed by atoms with Crippen molar-refractivity contribution in [3.8, 4) is 17.2 Å². The number of carbonyl (C=O) groups excluding carboxylic acids is 1. The molecule has 10 heteroatoms. The summed E-state index contributed by atoms with van der Waals surface area (Å²) in [5.74, 6) is 0.499. The number of rotatable bonds is 5. The molecule has 0 bridgehead atoms. The Balaban J connectivity index is 1.50. The van der Waals surface area contributed by atoms with Crippen LogP contribution in [0.4, 0.5) is 13.2 Å². The summed E-state index contributed by atoms with van der Waals surface area (Å²) in [6, 6.07) is 8.78. The van der Waals surface area contributed by atoms with Gasteiger partial charge in [0.05, 0.1) is 25.4 Å². The molecule has 33 heavy (non-hydrogen) atoms. The smallest absolute Gasteiger partial charge is 0.493 e. The zero-order valence-corrected chi connectivity index (χ0v) is 18.1. The number of ether oxygens (including phenoxy) is 3. The molecular formula is C23H22F3N3O4. The number of methoxy groups -OCH3 is 2. The lowest BCUT2D eigenvalue weighted by molar-refractivity contribution is -0.274. The summed E-state index contributed by atoms with van der Waals surface area (Å²) in [5, 5.41) is 0.858. The molecule has 1 fully saturated rings. The minimum Gasteiger partial charge on any atom is -0.493 e. The Morgan fingerprint density at radius 2 is 1.73 bits per heavy atom. The average molecular weight is 461 g/mol. The number of hydrogen-bond acceptors (Lipinski definition) is 6. The summed E-state index contributed by atoms with van der Waals surface area (Å²) in [6.07, 6.45) is -1.99. The molecule has 0 unspecified atom stereocenters. The van der Waals surface area contributed by atoms with E-state index in [9.17, 15) is 18.0 Å². The van der Waals surface area contributed by atoms with Crippen molar-refractivity contribution in [1.29, 1.82) is 0 Å². The Morgan fingerprint density at radius 3 is 2.39 bits per heavy atom. The maximum absolute atomic E-state index is 12.9. The molecule has 0 saturated carbocycles. The van der Waals surface area contributed by atoms with Gasteiger partial charge in [-0.25, -0.2) is 9.97 Å². The summed E-state index contributed by atoms with van der Waals surface area (Å²) in [5.41, 5.74) is 1.76. The minimum absolute atomic E-state index is 0.0950. The van der Waals surface area contributed by atoms with Gasteiger partial charge in [-0.15, -0.1) is 13.2 Å². The number of fused-ring (bicyclic) bond motifs is 1. The van der Waals surface area contributed by atoms with E-state index < -0.39 is 12.1 Å². The van der Waals surface area contributed by atoms with E-state index in [1.807, 2.05) is 6.07 Å². The number of aromatic nitrogens is 2. The number of benzene rings is 2. The van der Waals surface area contributed by atoms with Crippen LogP contribution < -0.4 is 14.2 Å². The highest BCUT2D eigenvalue weighted by Crippen LogP contribution is 2.37. The molecule has 1 saturated heterocycles. The van der Waals surface area contributed by atoms with Gasteiger partial charge >= 0.3 is 6.36 Å². The van der Waals surface area contributed by atoms with Gasteiger partial charge in [-0.05, 0) is 37.1 Å². The van der Waals surface area contributed by atoms with Gasteiger partial charge in [0.15, 0.2) is 11.5 Å². The van der Waals surface area contributed by atoms with Gasteiger partial charge in [-0.1, -0.05) is 6.07 Å². The molecule has 1 aromatic heterocycles. The highest BCUT2D eigenvalue weighted by atomic mass is 19.4. The highest BCUT2D eigenvalue weighted by molar-refractivity contribution is 5.94. The third-order valence-corrected chi connectivity index (χ3v) is 5.65. The number of amides is 1. The van der Waals surface area contributed by atoms with Crippen LogP contribution in [0.3, 0.4) is 0 Å². The first-order chi connectivity index (χ1) is 15.8. The number of hydrogen-bond donors (Lipinski definition) is 0. The fourth-order valence-corrected chi connectivity index (χ4v) is 4.09. The first-order valence-electron chi connectivity index (χ1n) is 10.3. The van der Waals surface area contributed by atoms with Gasteiger partial charge in [0.2, 0.25) is 0 Å². The van der Waals surface area contributed by atoms with Crippen molar-refractivity contribution in [3.05, 3.63) is 54.0 Å². The van der Waals surface area contributed by atoms with Crippen LogP contribution in [0.25, 0.3) is 10.9 Å². The number of likely N-dealkylation sites (tertiary alicyclic amines) is 1. The van der Waals surface area contributed by atoms with Crippen LogP contribution in [0, 0.1) is 0 Å². The highest BCUT2D eigenvalue weighted by Gasteiger charge is 2.32. The summed E-state index contributed by atoms with van der Waals surface area (Å²) < 4.78 is 52.2. The molecule has 4 rings (SSSR count). The van der Waals surface area contributed by atoms with E-state index in [-0.39, 0.29) is 17.4 Å². The third-order valence-electron chi connectivity index (χ3n) is 5.65. The van der Waals surface area contributed by atoms with E-state index >= 15 is 0 Å². The van der Waals surface area contributed by atoms with Crippen molar-refractivity contribution in [2.45, 2.75) is 25.1 Å². The molecule has 174 valence electrons. The summed E-state index contributed by atoms with van der Waals surface area (Å²) >= 11 is 0. The van der Waals surface area contributed by atoms with Crippen molar-refractivity contribution in [3.63, 3.8) is 0 Å². The standard InChI is InChI=1S/C23H22F3N3O4/c1-31-19-11-17-18(12-20(19)32-2)27-13-28-21(17)14-6-8-29(9-7-14)22(30)15-4-3-5-16(10-15)33-23(24,25)26/h3-5,10-14H,6-9H2,1-2H3. The third kappa shape index (κ3) is 4.94. The van der Waals surface area contributed by atoms with E-state index in [1.165, 1.54) is 24.5 Å². The van der Waals surface area contributed by atoms with Crippen LogP contribution in [0.5, 0.6) is 17.2 Å². The van der Waals surface area contributed by atoms with Crippen LogP contribution in [0.2, 0.25) is 0 Å². The lowest BCUT2D eigenvalue weighted by Gasteiger charge is -2.32. The zero-order valence-electron chi connectivity index (χ0n) is 18.1. The number of halogens is 3. The molecule has 2 heterocycles. The Morgan fingerprint density at radius 1 is 1.03 bits per heavy atom. The number of alkyl halides is 3. The predicted molar refractivity (Wildman–Crippen MR) is 114 cm³/mol. The van der Waals surface area contributed by atoms with E-state index in [0.717, 1.165) is 22.7 Å². The largest absolute Gasteiger partial charge is 0.573 e. The fourth-order valence-electron chi connectivity index (χ4n) is 4.09. The maximum atomic E-state index is 12.9. The molecule has 0 aliphatic carbocycles. The van der Waals surface area contributed by atoms with Gasteiger partial charge in [0, 0.05) is 36.0 Å². The molecule has 0 radical (unpaired) electrons. The molecule has 1 aliphatic rings. The molecule has 7 nitrogen and oxygen atoms in total. The van der Waals surface area contributed by atoms with Gasteiger partial charge < -0.3 is 19.1 Å². The van der Waals surface area contributed by atoms with E-state index in [2.05, 4.69) is 14.7 Å². The first-order valence-corrected chi connectivity index (χ1v) is 10.3. The van der Waals surface area contributed by atoms with Crippen LogP contribution in [0.15, 0.2) is 42.7 Å². The quantitative estimate of drug-likeness (QED) is 0.555. The monoisotopic (exact) mass is 461 g/mol. The average Bonchev–Trinajstić information content (AvgIpc) is 2.81. The lowest BCUT2D eigenvalue weighted by atomic mass is 9.90. The summed E-state index contributed by atoms with van der Waals surface area (Å²) in [6.45, 7) is 0.902. The second-order valence-corrected chi connectivity index (χ2v) is 7.63. The van der Waals surface area contributed by atoms with Crippen molar-refractivity contribution in [1.82, 2.24) is 14.9 Å². The Kier molecular flexibility index (Phi) is 6.26. The fraction of sp³-hybridized carbons (Fsp3) is 0.348. The zero-order chi connectivity index (χ0) is 23.6. The molecular weight excluding hydrogens is 439 g/mol. The first kappa shape index (κ1) is 22.6. The molecule has 1 aliphatic heterocycles. The Hall–Kier alpha value is -3.56. The van der Waals surface area contributed by atoms with Crippen LogP contribution >= 0.6 is 0 Å². The maximum Gasteiger partial charge on any atom is 0.573 e. The second kappa shape index (κ2) is 9.13. The molecule has 3 aromatic rings. The van der Waals surface area contributed by atoms with Crippen molar-refractivity contribution >= 4 is 16.8 Å². The Bertz CT molecular complexity index is 1160. The summed E-state index contributed by atoms with van der Waals surface area (Å²) in [7, 11) is 3.12. The summed E-state index contributed by atoms with van der Waals surface area (Å²) in [4.78, 5) is 23.3. The SMILES string of the molecule is COc1cc2ncnc(C3CCN(C(=O)c4cccc(OC(F)(F)F)c4)CC3)c2cc1OC. The van der Waals surface area contributed by atoms with Crippen LogP contribution in [0.1, 0.15) is 34.8 Å². The number of piperidine rings is 1. The molecule has 0 atom stereocenters. The van der Waals surface area contributed by atoms with E-state index in [0.29, 0.717) is 37.4 Å². The minimum atomic E-state index is -4.81. The van der Waals surface area contributed by atoms with Crippen LogP contribution in [-0.2, 0) is 0 Å². The van der Waals surface area contributed by atoms with Crippen molar-refractivity contribution in [2.24, 2.45) is 0 Å². The number of carbonyl (C=O) groups is 1.